The second kappa shape index (κ2) is 7.59. The van der Waals surface area contributed by atoms with Gasteiger partial charge in [0.05, 0.1) is 6.20 Å². The summed E-state index contributed by atoms with van der Waals surface area (Å²) in [6, 6.07) is 20.6. The molecule has 0 unspecified atom stereocenters. The fraction of sp³-hybridized carbons (Fsp3) is 0. The van der Waals surface area contributed by atoms with Crippen molar-refractivity contribution in [3.8, 4) is 0 Å². The molecule has 1 aliphatic heterocycles. The van der Waals surface area contributed by atoms with Crippen LogP contribution in [0.5, 0.6) is 0 Å². The average molecular weight is 262 g/mol. The van der Waals surface area contributed by atoms with Gasteiger partial charge in [0.2, 0.25) is 0 Å². The lowest BCUT2D eigenvalue weighted by molar-refractivity contribution is -0.113. The molecule has 0 aromatic heterocycles. The molecule has 0 spiro atoms. The van der Waals surface area contributed by atoms with E-state index in [9.17, 15) is 4.79 Å². The second-order valence-corrected chi connectivity index (χ2v) is 4.02. The van der Waals surface area contributed by atoms with E-state index >= 15 is 0 Å². The lowest BCUT2D eigenvalue weighted by Crippen LogP contribution is -1.74. The van der Waals surface area contributed by atoms with Crippen LogP contribution in [0.2, 0.25) is 0 Å². The predicted octanol–water partition coefficient (Wildman–Crippen LogP) is 4.35. The number of rotatable bonds is 2. The summed E-state index contributed by atoms with van der Waals surface area (Å²) in [6.07, 6.45) is 6.91. The molecule has 98 valence electrons. The predicted molar refractivity (Wildman–Crippen MR) is 80.8 cm³/mol. The highest BCUT2D eigenvalue weighted by Crippen LogP contribution is 2.06. The summed E-state index contributed by atoms with van der Waals surface area (Å²) in [4.78, 5) is 9.90. The fourth-order valence-corrected chi connectivity index (χ4v) is 1.54. The summed E-state index contributed by atoms with van der Waals surface area (Å²) in [7, 11) is 0. The van der Waals surface area contributed by atoms with Gasteiger partial charge < -0.3 is 0 Å². The van der Waals surface area contributed by atoms with Crippen LogP contribution < -0.4 is 0 Å². The van der Waals surface area contributed by atoms with Crippen LogP contribution >= 0.6 is 0 Å². The number of benzene rings is 2. The Morgan fingerprint density at radius 2 is 1.25 bits per heavy atom. The lowest BCUT2D eigenvalue weighted by atomic mass is 10.1. The Hall–Kier alpha value is -2.81. The Bertz CT molecular complexity index is 573. The molecule has 2 aromatic carbocycles. The van der Waals surface area contributed by atoms with Gasteiger partial charge in [-0.05, 0) is 11.1 Å². The molecule has 0 aliphatic carbocycles. The molecular formula is C17H14N2O. The van der Waals surface area contributed by atoms with Gasteiger partial charge in [0.15, 0.2) is 0 Å². The third-order valence-electron chi connectivity index (χ3n) is 2.51. The molecule has 3 nitrogen and oxygen atoms in total. The van der Waals surface area contributed by atoms with E-state index in [2.05, 4.69) is 46.6 Å². The molecule has 0 saturated heterocycles. The molecule has 0 fully saturated rings. The normalized spacial score (nSPS) is 12.5. The maximum atomic E-state index is 9.90. The zero-order valence-corrected chi connectivity index (χ0v) is 10.9. The van der Waals surface area contributed by atoms with E-state index in [-0.39, 0.29) is 5.91 Å². The maximum Gasteiger partial charge on any atom is 0.289 e. The summed E-state index contributed by atoms with van der Waals surface area (Å²) in [5.74, 6) is -0.269. The van der Waals surface area contributed by atoms with Crippen LogP contribution in [0, 0.1) is 0 Å². The molecule has 0 radical (unpaired) electrons. The van der Waals surface area contributed by atoms with Gasteiger partial charge in [0, 0.05) is 6.08 Å². The summed E-state index contributed by atoms with van der Waals surface area (Å²) >= 11 is 0. The van der Waals surface area contributed by atoms with Crippen molar-refractivity contribution in [1.29, 1.82) is 0 Å². The molecule has 3 heteroatoms. The number of carbonyl (C=O) groups is 1. The molecule has 0 atom stereocenters. The number of azo groups is 1. The molecule has 0 saturated carbocycles. The topological polar surface area (TPSA) is 41.8 Å². The Balaban J connectivity index is 0.000000205. The summed E-state index contributed by atoms with van der Waals surface area (Å²) < 4.78 is 0. The minimum absolute atomic E-state index is 0.269. The van der Waals surface area contributed by atoms with Gasteiger partial charge in [0.25, 0.3) is 5.91 Å². The maximum absolute atomic E-state index is 9.90. The standard InChI is InChI=1S/C14H12.C3H2N2O/c1-3-7-13(8-4-1)11-12-14-9-5-2-6-10-14;6-3-1-2-4-5-3/h1-12H;1-2H. The van der Waals surface area contributed by atoms with Gasteiger partial charge in [-0.25, -0.2) is 0 Å². The number of hydrogen-bond acceptors (Lipinski definition) is 2. The average Bonchev–Trinajstić information content (AvgIpc) is 2.99. The van der Waals surface area contributed by atoms with Crippen LogP contribution in [0.25, 0.3) is 12.2 Å². The minimum Gasteiger partial charge on any atom is -0.266 e. The van der Waals surface area contributed by atoms with E-state index in [1.54, 1.807) is 0 Å². The minimum atomic E-state index is -0.269. The molecule has 0 N–H and O–H groups in total. The first-order valence-electron chi connectivity index (χ1n) is 6.24. The zero-order chi connectivity index (χ0) is 14.0. The Morgan fingerprint density at radius 1 is 0.750 bits per heavy atom. The molecule has 1 heterocycles. The van der Waals surface area contributed by atoms with Crippen molar-refractivity contribution in [2.75, 3.05) is 0 Å². The SMILES string of the molecule is C(=Cc1ccccc1)c1ccccc1.O=C1C=CN=N1. The quantitative estimate of drug-likeness (QED) is 0.742. The van der Waals surface area contributed by atoms with Crippen LogP contribution in [0.4, 0.5) is 0 Å². The van der Waals surface area contributed by atoms with Gasteiger partial charge in [-0.2, -0.15) is 5.11 Å². The van der Waals surface area contributed by atoms with Crippen molar-refractivity contribution in [3.63, 3.8) is 0 Å². The largest absolute Gasteiger partial charge is 0.289 e. The van der Waals surface area contributed by atoms with E-state index in [4.69, 9.17) is 0 Å². The van der Waals surface area contributed by atoms with Crippen molar-refractivity contribution < 1.29 is 4.79 Å². The third-order valence-corrected chi connectivity index (χ3v) is 2.51. The van der Waals surface area contributed by atoms with E-state index in [0.717, 1.165) is 0 Å². The highest BCUT2D eigenvalue weighted by Gasteiger charge is 1.92. The molecular weight excluding hydrogens is 248 g/mol. The first kappa shape index (κ1) is 13.6. The van der Waals surface area contributed by atoms with Crippen molar-refractivity contribution in [1.82, 2.24) is 0 Å². The molecule has 0 bridgehead atoms. The number of amides is 1. The Morgan fingerprint density at radius 3 is 1.55 bits per heavy atom. The van der Waals surface area contributed by atoms with E-state index in [1.807, 2.05) is 36.4 Å². The van der Waals surface area contributed by atoms with Gasteiger partial charge >= 0.3 is 0 Å². The molecule has 20 heavy (non-hydrogen) atoms. The molecule has 3 rings (SSSR count). The number of nitrogens with zero attached hydrogens (tertiary/aromatic N) is 2. The summed E-state index contributed by atoms with van der Waals surface area (Å²) in [6.45, 7) is 0. The summed E-state index contributed by atoms with van der Waals surface area (Å²) in [5, 5.41) is 6.37. The van der Waals surface area contributed by atoms with E-state index < -0.39 is 0 Å². The van der Waals surface area contributed by atoms with Gasteiger partial charge in [0.1, 0.15) is 0 Å². The number of carbonyl (C=O) groups excluding carboxylic acids is 1. The first-order chi connectivity index (χ1) is 9.84. The zero-order valence-electron chi connectivity index (χ0n) is 10.9. The lowest BCUT2D eigenvalue weighted by Gasteiger charge is -1.92. The van der Waals surface area contributed by atoms with Gasteiger partial charge in [-0.1, -0.05) is 72.8 Å². The Kier molecular flexibility index (Phi) is 5.17. The van der Waals surface area contributed by atoms with Crippen molar-refractivity contribution in [2.45, 2.75) is 0 Å². The van der Waals surface area contributed by atoms with Crippen LogP contribution in [0.3, 0.4) is 0 Å². The van der Waals surface area contributed by atoms with E-state index in [0.29, 0.717) is 0 Å². The fourth-order valence-electron chi connectivity index (χ4n) is 1.54. The van der Waals surface area contributed by atoms with E-state index in [1.165, 1.54) is 23.4 Å². The smallest absolute Gasteiger partial charge is 0.266 e. The highest BCUT2D eigenvalue weighted by atomic mass is 16.1. The van der Waals surface area contributed by atoms with Gasteiger partial charge in [-0.15, -0.1) is 5.11 Å². The molecule has 2 aromatic rings. The van der Waals surface area contributed by atoms with Crippen molar-refractivity contribution in [2.24, 2.45) is 10.2 Å². The van der Waals surface area contributed by atoms with Crippen molar-refractivity contribution in [3.05, 3.63) is 84.1 Å². The highest BCUT2D eigenvalue weighted by molar-refractivity contribution is 5.89. The number of hydrogen-bond donors (Lipinski definition) is 0. The summed E-state index contributed by atoms with van der Waals surface area (Å²) in [5.41, 5.74) is 2.47. The van der Waals surface area contributed by atoms with Crippen LogP contribution in [-0.4, -0.2) is 5.91 Å². The molecule has 1 aliphatic rings. The van der Waals surface area contributed by atoms with Crippen LogP contribution in [-0.2, 0) is 4.79 Å². The van der Waals surface area contributed by atoms with Crippen molar-refractivity contribution >= 4 is 18.1 Å². The monoisotopic (exact) mass is 262 g/mol. The first-order valence-corrected chi connectivity index (χ1v) is 6.24. The Labute approximate surface area is 118 Å². The van der Waals surface area contributed by atoms with Gasteiger partial charge in [-0.3, -0.25) is 4.79 Å². The van der Waals surface area contributed by atoms with Crippen LogP contribution in [0.15, 0.2) is 83.2 Å². The van der Waals surface area contributed by atoms with Crippen LogP contribution in [0.1, 0.15) is 11.1 Å². The second-order valence-electron chi connectivity index (χ2n) is 4.02. The third kappa shape index (κ3) is 4.82. The molecule has 1 amide bonds.